The standard InChI is InChI=1S/C18H17N3O5S/c1-2-26-16(23)10-21-17(24)14(27-18(21)25)7-11-8-20(9-15(19)22)13-6-4-3-5-12(11)13/h3-8H,2,9-10H2,1H3,(H2,19,22)/b14-7+. The molecule has 8 nitrogen and oxygen atoms in total. The Hall–Kier alpha value is -3.07. The zero-order valence-corrected chi connectivity index (χ0v) is 15.3. The summed E-state index contributed by atoms with van der Waals surface area (Å²) in [6.07, 6.45) is 3.28. The monoisotopic (exact) mass is 387 g/mol. The lowest BCUT2D eigenvalue weighted by atomic mass is 10.1. The maximum atomic E-state index is 12.5. The number of imide groups is 1. The van der Waals surface area contributed by atoms with Crippen LogP contribution in [0.15, 0.2) is 35.4 Å². The molecule has 0 atom stereocenters. The Bertz CT molecular complexity index is 979. The first-order valence-electron chi connectivity index (χ1n) is 8.18. The van der Waals surface area contributed by atoms with Crippen LogP contribution in [0.2, 0.25) is 0 Å². The van der Waals surface area contributed by atoms with Crippen LogP contribution < -0.4 is 5.73 Å². The molecule has 1 fully saturated rings. The van der Waals surface area contributed by atoms with E-state index in [1.54, 1.807) is 23.8 Å². The fourth-order valence-corrected chi connectivity index (χ4v) is 3.63. The predicted octanol–water partition coefficient (Wildman–Crippen LogP) is 1.73. The molecular weight excluding hydrogens is 370 g/mol. The quantitative estimate of drug-likeness (QED) is 0.597. The molecule has 0 radical (unpaired) electrons. The van der Waals surface area contributed by atoms with Gasteiger partial charge in [0.25, 0.3) is 11.1 Å². The number of esters is 1. The van der Waals surface area contributed by atoms with Gasteiger partial charge < -0.3 is 15.0 Å². The number of fused-ring (bicyclic) bond motifs is 1. The lowest BCUT2D eigenvalue weighted by Crippen LogP contribution is -2.34. The summed E-state index contributed by atoms with van der Waals surface area (Å²) in [4.78, 5) is 48.5. The van der Waals surface area contributed by atoms with Gasteiger partial charge in [-0.3, -0.25) is 24.1 Å². The van der Waals surface area contributed by atoms with Crippen LogP contribution in [0.5, 0.6) is 0 Å². The summed E-state index contributed by atoms with van der Waals surface area (Å²) in [6.45, 7) is 1.40. The van der Waals surface area contributed by atoms with Crippen molar-refractivity contribution < 1.29 is 23.9 Å². The molecule has 2 heterocycles. The molecule has 0 unspecified atom stereocenters. The van der Waals surface area contributed by atoms with Crippen LogP contribution in [-0.2, 0) is 25.7 Å². The molecule has 1 aromatic heterocycles. The Morgan fingerprint density at radius 2 is 1.96 bits per heavy atom. The number of amides is 3. The normalized spacial score (nSPS) is 15.7. The van der Waals surface area contributed by atoms with E-state index in [4.69, 9.17) is 10.5 Å². The van der Waals surface area contributed by atoms with E-state index in [0.717, 1.165) is 27.6 Å². The van der Waals surface area contributed by atoms with Gasteiger partial charge in [0.1, 0.15) is 13.1 Å². The number of thioether (sulfide) groups is 1. The number of aromatic nitrogens is 1. The predicted molar refractivity (Wildman–Crippen MR) is 100 cm³/mol. The number of carbonyl (C=O) groups is 4. The lowest BCUT2D eigenvalue weighted by molar-refractivity contribution is -0.146. The zero-order chi connectivity index (χ0) is 19.6. The summed E-state index contributed by atoms with van der Waals surface area (Å²) >= 11 is 0.758. The number of benzene rings is 1. The number of carbonyl (C=O) groups excluding carboxylic acids is 4. The largest absolute Gasteiger partial charge is 0.465 e. The third kappa shape index (κ3) is 3.87. The van der Waals surface area contributed by atoms with Crippen LogP contribution in [0.25, 0.3) is 17.0 Å². The van der Waals surface area contributed by atoms with Crippen LogP contribution in [-0.4, -0.2) is 45.6 Å². The summed E-state index contributed by atoms with van der Waals surface area (Å²) < 4.78 is 6.48. The van der Waals surface area contributed by atoms with Crippen LogP contribution in [0.4, 0.5) is 4.79 Å². The Balaban J connectivity index is 1.93. The van der Waals surface area contributed by atoms with Gasteiger partial charge in [0.2, 0.25) is 5.91 Å². The van der Waals surface area contributed by atoms with E-state index < -0.39 is 29.6 Å². The Labute approximate surface area is 158 Å². The molecule has 1 aliphatic rings. The molecule has 1 aromatic carbocycles. The van der Waals surface area contributed by atoms with E-state index in [-0.39, 0.29) is 18.1 Å². The summed E-state index contributed by atoms with van der Waals surface area (Å²) in [6, 6.07) is 7.35. The van der Waals surface area contributed by atoms with Crippen molar-refractivity contribution in [2.45, 2.75) is 13.5 Å². The first-order valence-corrected chi connectivity index (χ1v) is 8.99. The minimum atomic E-state index is -0.640. The zero-order valence-electron chi connectivity index (χ0n) is 14.5. The van der Waals surface area contributed by atoms with Crippen LogP contribution in [0.1, 0.15) is 12.5 Å². The van der Waals surface area contributed by atoms with E-state index in [2.05, 4.69) is 0 Å². The molecule has 3 rings (SSSR count). The second-order valence-corrected chi connectivity index (χ2v) is 6.76. The van der Waals surface area contributed by atoms with Crippen molar-refractivity contribution in [1.82, 2.24) is 9.47 Å². The minimum absolute atomic E-state index is 0.00130. The molecule has 1 aliphatic heterocycles. The van der Waals surface area contributed by atoms with Crippen molar-refractivity contribution in [3.63, 3.8) is 0 Å². The van der Waals surface area contributed by atoms with Crippen molar-refractivity contribution in [2.24, 2.45) is 5.73 Å². The Morgan fingerprint density at radius 3 is 2.67 bits per heavy atom. The Morgan fingerprint density at radius 1 is 1.22 bits per heavy atom. The third-order valence-corrected chi connectivity index (χ3v) is 4.81. The van der Waals surface area contributed by atoms with Crippen LogP contribution >= 0.6 is 11.8 Å². The second-order valence-electron chi connectivity index (χ2n) is 5.77. The summed E-state index contributed by atoms with van der Waals surface area (Å²) in [5.41, 5.74) is 6.75. The average Bonchev–Trinajstić information content (AvgIpc) is 3.08. The number of primary amides is 1. The van der Waals surface area contributed by atoms with E-state index in [0.29, 0.717) is 5.56 Å². The van der Waals surface area contributed by atoms with Gasteiger partial charge in [-0.05, 0) is 30.8 Å². The first kappa shape index (κ1) is 18.7. The van der Waals surface area contributed by atoms with E-state index in [1.807, 2.05) is 24.3 Å². The van der Waals surface area contributed by atoms with Gasteiger partial charge in [-0.2, -0.15) is 0 Å². The lowest BCUT2D eigenvalue weighted by Gasteiger charge is -2.10. The molecule has 0 spiro atoms. The fourth-order valence-electron chi connectivity index (χ4n) is 2.80. The van der Waals surface area contributed by atoms with Gasteiger partial charge in [-0.25, -0.2) is 0 Å². The number of rotatable bonds is 6. The highest BCUT2D eigenvalue weighted by molar-refractivity contribution is 8.18. The molecule has 2 N–H and O–H groups in total. The first-order chi connectivity index (χ1) is 12.9. The molecule has 0 bridgehead atoms. The molecule has 9 heteroatoms. The average molecular weight is 387 g/mol. The topological polar surface area (TPSA) is 112 Å². The maximum absolute atomic E-state index is 12.5. The number of para-hydroxylation sites is 1. The highest BCUT2D eigenvalue weighted by Crippen LogP contribution is 2.34. The van der Waals surface area contributed by atoms with Crippen LogP contribution in [0.3, 0.4) is 0 Å². The van der Waals surface area contributed by atoms with Crippen molar-refractivity contribution in [3.05, 3.63) is 40.9 Å². The number of hydrogen-bond acceptors (Lipinski definition) is 6. The summed E-state index contributed by atoms with van der Waals surface area (Å²) in [7, 11) is 0. The number of nitrogens with zero attached hydrogens (tertiary/aromatic N) is 2. The van der Waals surface area contributed by atoms with E-state index in [9.17, 15) is 19.2 Å². The van der Waals surface area contributed by atoms with Gasteiger partial charge in [-0.1, -0.05) is 18.2 Å². The van der Waals surface area contributed by atoms with Crippen molar-refractivity contribution in [1.29, 1.82) is 0 Å². The van der Waals surface area contributed by atoms with Gasteiger partial charge >= 0.3 is 5.97 Å². The van der Waals surface area contributed by atoms with Crippen molar-refractivity contribution >= 4 is 51.8 Å². The molecule has 2 aromatic rings. The second kappa shape index (κ2) is 7.67. The van der Waals surface area contributed by atoms with Crippen LogP contribution in [0, 0.1) is 0 Å². The summed E-state index contributed by atoms with van der Waals surface area (Å²) in [5, 5.41) is 0.288. The van der Waals surface area contributed by atoms with E-state index >= 15 is 0 Å². The van der Waals surface area contributed by atoms with Gasteiger partial charge in [0.05, 0.1) is 11.5 Å². The fraction of sp³-hybridized carbons (Fsp3) is 0.222. The molecule has 27 heavy (non-hydrogen) atoms. The maximum Gasteiger partial charge on any atom is 0.326 e. The third-order valence-electron chi connectivity index (χ3n) is 3.90. The molecule has 1 saturated heterocycles. The number of hydrogen-bond donors (Lipinski definition) is 1. The Kier molecular flexibility index (Phi) is 5.31. The molecule has 3 amide bonds. The number of ether oxygens (including phenoxy) is 1. The SMILES string of the molecule is CCOC(=O)CN1C(=O)S/C(=C/c2cn(CC(N)=O)c3ccccc23)C1=O. The molecule has 0 aliphatic carbocycles. The van der Waals surface area contributed by atoms with Gasteiger partial charge in [-0.15, -0.1) is 0 Å². The van der Waals surface area contributed by atoms with Crippen molar-refractivity contribution in [2.75, 3.05) is 13.2 Å². The van der Waals surface area contributed by atoms with E-state index in [1.165, 1.54) is 0 Å². The van der Waals surface area contributed by atoms with Crippen molar-refractivity contribution in [3.8, 4) is 0 Å². The smallest absolute Gasteiger partial charge is 0.326 e. The molecular formula is C18H17N3O5S. The highest BCUT2D eigenvalue weighted by atomic mass is 32.2. The highest BCUT2D eigenvalue weighted by Gasteiger charge is 2.36. The summed E-state index contributed by atoms with van der Waals surface area (Å²) in [5.74, 6) is -1.68. The molecule has 140 valence electrons. The van der Waals surface area contributed by atoms with Gasteiger partial charge in [0.15, 0.2) is 0 Å². The number of nitrogens with two attached hydrogens (primary N) is 1. The molecule has 0 saturated carbocycles. The minimum Gasteiger partial charge on any atom is -0.465 e. The van der Waals surface area contributed by atoms with Gasteiger partial charge in [0, 0.05) is 22.7 Å².